The maximum atomic E-state index is 5.99. The third-order valence-electron chi connectivity index (χ3n) is 2.79. The summed E-state index contributed by atoms with van der Waals surface area (Å²) in [4.78, 5) is 4.24. The van der Waals surface area contributed by atoms with Gasteiger partial charge in [-0.25, -0.2) is 4.98 Å². The number of nitrogens with zero attached hydrogens (tertiary/aromatic N) is 2. The Bertz CT molecular complexity index is 644. The third kappa shape index (κ3) is 2.14. The van der Waals surface area contributed by atoms with Crippen molar-refractivity contribution in [1.29, 1.82) is 0 Å². The lowest BCUT2D eigenvalue weighted by molar-refractivity contribution is 0.978. The second kappa shape index (κ2) is 4.66. The smallest absolute Gasteiger partial charge is 0.0794 e. The summed E-state index contributed by atoms with van der Waals surface area (Å²) < 4.78 is 0. The van der Waals surface area contributed by atoms with Crippen LogP contribution in [0.25, 0.3) is 10.9 Å². The summed E-state index contributed by atoms with van der Waals surface area (Å²) >= 11 is 1.62. The van der Waals surface area contributed by atoms with Crippen LogP contribution >= 0.6 is 11.3 Å². The van der Waals surface area contributed by atoms with Crippen LogP contribution in [0.3, 0.4) is 0 Å². The van der Waals surface area contributed by atoms with Gasteiger partial charge in [0.05, 0.1) is 34.3 Å². The van der Waals surface area contributed by atoms with E-state index in [-0.39, 0.29) is 0 Å². The molecule has 0 saturated carbocycles. The monoisotopic (exact) mass is 259 g/mol. The topological polar surface area (TPSA) is 79.6 Å². The van der Waals surface area contributed by atoms with Gasteiger partial charge in [0.1, 0.15) is 0 Å². The zero-order chi connectivity index (χ0) is 12.4. The normalized spacial score (nSPS) is 10.9. The van der Waals surface area contributed by atoms with E-state index in [9.17, 15) is 0 Å². The first-order valence-corrected chi connectivity index (χ1v) is 6.61. The van der Waals surface area contributed by atoms with Crippen molar-refractivity contribution in [2.24, 2.45) is 0 Å². The zero-order valence-corrected chi connectivity index (χ0v) is 10.5. The van der Waals surface area contributed by atoms with Gasteiger partial charge in [-0.3, -0.25) is 5.10 Å². The first-order chi connectivity index (χ1) is 8.83. The molecule has 0 spiro atoms. The molecule has 2 aromatic heterocycles. The lowest BCUT2D eigenvalue weighted by atomic mass is 10.2. The zero-order valence-electron chi connectivity index (χ0n) is 9.68. The molecule has 1 aromatic carbocycles. The molecule has 4 N–H and O–H groups in total. The van der Waals surface area contributed by atoms with E-state index in [2.05, 4.69) is 25.9 Å². The highest BCUT2D eigenvalue weighted by Crippen LogP contribution is 2.24. The molecule has 2 heterocycles. The summed E-state index contributed by atoms with van der Waals surface area (Å²) in [7, 11) is 0. The SMILES string of the molecule is Nc1cc2cn[nH]c2cc1NCCc1cscn1. The highest BCUT2D eigenvalue weighted by Gasteiger charge is 2.03. The number of aromatic amines is 1. The van der Waals surface area contributed by atoms with Crippen molar-refractivity contribution in [1.82, 2.24) is 15.2 Å². The summed E-state index contributed by atoms with van der Waals surface area (Å²) in [6.45, 7) is 0.813. The van der Waals surface area contributed by atoms with Crippen LogP contribution in [-0.4, -0.2) is 21.7 Å². The molecule has 0 fully saturated rings. The molecule has 0 saturated heterocycles. The van der Waals surface area contributed by atoms with Gasteiger partial charge in [-0.05, 0) is 12.1 Å². The molecule has 0 radical (unpaired) electrons. The molecule has 0 aliphatic carbocycles. The van der Waals surface area contributed by atoms with E-state index < -0.39 is 0 Å². The third-order valence-corrected chi connectivity index (χ3v) is 3.43. The molecule has 0 aliphatic heterocycles. The number of anilines is 2. The highest BCUT2D eigenvalue weighted by atomic mass is 32.1. The molecular formula is C12H13N5S. The fraction of sp³-hybridized carbons (Fsp3) is 0.167. The van der Waals surface area contributed by atoms with Gasteiger partial charge in [-0.15, -0.1) is 11.3 Å². The molecule has 6 heteroatoms. The number of H-pyrrole nitrogens is 1. The predicted octanol–water partition coefficient (Wildman–Crippen LogP) is 2.26. The maximum absolute atomic E-state index is 5.99. The minimum atomic E-state index is 0.738. The molecule has 5 nitrogen and oxygen atoms in total. The number of nitrogens with one attached hydrogen (secondary N) is 2. The van der Waals surface area contributed by atoms with Crippen LogP contribution in [-0.2, 0) is 6.42 Å². The molecule has 0 bridgehead atoms. The van der Waals surface area contributed by atoms with Gasteiger partial charge < -0.3 is 11.1 Å². The largest absolute Gasteiger partial charge is 0.397 e. The van der Waals surface area contributed by atoms with Crippen molar-refractivity contribution >= 4 is 33.6 Å². The van der Waals surface area contributed by atoms with Crippen LogP contribution in [0.5, 0.6) is 0 Å². The minimum Gasteiger partial charge on any atom is -0.397 e. The van der Waals surface area contributed by atoms with Crippen LogP contribution < -0.4 is 11.1 Å². The Morgan fingerprint density at radius 2 is 2.33 bits per heavy atom. The van der Waals surface area contributed by atoms with Crippen LogP contribution in [0.4, 0.5) is 11.4 Å². The molecule has 3 rings (SSSR count). The number of nitrogens with two attached hydrogens (primary N) is 1. The van der Waals surface area contributed by atoms with Crippen molar-refractivity contribution in [2.45, 2.75) is 6.42 Å². The number of hydrogen-bond donors (Lipinski definition) is 3. The summed E-state index contributed by atoms with van der Waals surface area (Å²) in [6.07, 6.45) is 2.66. The molecule has 18 heavy (non-hydrogen) atoms. The average molecular weight is 259 g/mol. The Labute approximate surface area is 108 Å². The molecule has 3 aromatic rings. The summed E-state index contributed by atoms with van der Waals surface area (Å²) in [6, 6.07) is 3.91. The lowest BCUT2D eigenvalue weighted by Crippen LogP contribution is -2.07. The maximum Gasteiger partial charge on any atom is 0.0794 e. The van der Waals surface area contributed by atoms with Gasteiger partial charge >= 0.3 is 0 Å². The molecular weight excluding hydrogens is 246 g/mol. The van der Waals surface area contributed by atoms with E-state index in [1.54, 1.807) is 17.5 Å². The predicted molar refractivity (Wildman–Crippen MR) is 74.8 cm³/mol. The van der Waals surface area contributed by atoms with Gasteiger partial charge in [0, 0.05) is 23.7 Å². The molecule has 0 unspecified atom stereocenters. The van der Waals surface area contributed by atoms with E-state index in [4.69, 9.17) is 5.73 Å². The Morgan fingerprint density at radius 3 is 3.17 bits per heavy atom. The van der Waals surface area contributed by atoms with E-state index >= 15 is 0 Å². The summed E-state index contributed by atoms with van der Waals surface area (Å²) in [5.74, 6) is 0. The van der Waals surface area contributed by atoms with Gasteiger partial charge in [-0.2, -0.15) is 5.10 Å². The van der Waals surface area contributed by atoms with Crippen LogP contribution in [0.2, 0.25) is 0 Å². The molecule has 0 aliphatic rings. The second-order valence-electron chi connectivity index (χ2n) is 4.05. The van der Waals surface area contributed by atoms with Crippen LogP contribution in [0.15, 0.2) is 29.2 Å². The Morgan fingerprint density at radius 1 is 1.39 bits per heavy atom. The van der Waals surface area contributed by atoms with E-state index in [1.807, 2.05) is 17.6 Å². The second-order valence-corrected chi connectivity index (χ2v) is 4.77. The number of nitrogen functional groups attached to an aromatic ring is 1. The van der Waals surface area contributed by atoms with Crippen LogP contribution in [0, 0.1) is 0 Å². The number of thiazole rings is 1. The van der Waals surface area contributed by atoms with Crippen LogP contribution in [0.1, 0.15) is 5.69 Å². The van der Waals surface area contributed by atoms with Gasteiger partial charge in [-0.1, -0.05) is 0 Å². The van der Waals surface area contributed by atoms with E-state index in [0.717, 1.165) is 40.9 Å². The number of benzene rings is 1. The van der Waals surface area contributed by atoms with Gasteiger partial charge in [0.15, 0.2) is 0 Å². The standard InChI is InChI=1S/C12H13N5S/c13-10-3-8-5-16-17-11(8)4-12(10)14-2-1-9-6-18-7-15-9/h3-7,14H,1-2,13H2,(H,16,17). The van der Waals surface area contributed by atoms with Gasteiger partial charge in [0.2, 0.25) is 0 Å². The van der Waals surface area contributed by atoms with Gasteiger partial charge in [0.25, 0.3) is 0 Å². The Kier molecular flexibility index (Phi) is 2.85. The first kappa shape index (κ1) is 11.0. The Balaban J connectivity index is 1.71. The number of aromatic nitrogens is 3. The van der Waals surface area contributed by atoms with Crippen molar-refractivity contribution in [3.63, 3.8) is 0 Å². The summed E-state index contributed by atoms with van der Waals surface area (Å²) in [5, 5.41) is 13.3. The summed E-state index contributed by atoms with van der Waals surface area (Å²) in [5.41, 5.74) is 11.6. The number of fused-ring (bicyclic) bond motifs is 1. The molecule has 92 valence electrons. The van der Waals surface area contributed by atoms with Crippen molar-refractivity contribution < 1.29 is 0 Å². The molecule has 0 amide bonds. The molecule has 0 atom stereocenters. The fourth-order valence-corrected chi connectivity index (χ4v) is 2.44. The minimum absolute atomic E-state index is 0.738. The van der Waals surface area contributed by atoms with Crippen molar-refractivity contribution in [3.8, 4) is 0 Å². The van der Waals surface area contributed by atoms with Crippen molar-refractivity contribution in [3.05, 3.63) is 34.9 Å². The van der Waals surface area contributed by atoms with E-state index in [1.165, 1.54) is 0 Å². The number of rotatable bonds is 4. The lowest BCUT2D eigenvalue weighted by Gasteiger charge is -2.08. The number of hydrogen-bond acceptors (Lipinski definition) is 5. The van der Waals surface area contributed by atoms with E-state index in [0.29, 0.717) is 0 Å². The quantitative estimate of drug-likeness (QED) is 0.628. The first-order valence-electron chi connectivity index (χ1n) is 5.66. The fourth-order valence-electron chi connectivity index (χ4n) is 1.85. The highest BCUT2D eigenvalue weighted by molar-refractivity contribution is 7.07. The average Bonchev–Trinajstić information content (AvgIpc) is 3.00. The van der Waals surface area contributed by atoms with Crippen molar-refractivity contribution in [2.75, 3.05) is 17.6 Å². The Hall–Kier alpha value is -2.08.